The molecular weight excluding hydrogens is 518 g/mol. The molecule has 0 amide bonds. The van der Waals surface area contributed by atoms with E-state index in [0.29, 0.717) is 36.8 Å². The molecule has 0 radical (unpaired) electrons. The number of aryl methyl sites for hydroxylation is 1. The smallest absolute Gasteiger partial charge is 0.475 e. The molecule has 3 aromatic rings. The van der Waals surface area contributed by atoms with Crippen LogP contribution in [0.5, 0.6) is 0 Å². The number of alkyl halides is 6. The van der Waals surface area contributed by atoms with Gasteiger partial charge in [0.15, 0.2) is 0 Å². The zero-order valence-corrected chi connectivity index (χ0v) is 20.7. The van der Waals surface area contributed by atoms with E-state index in [9.17, 15) is 26.3 Å². The summed E-state index contributed by atoms with van der Waals surface area (Å²) < 4.78 is 77.4. The van der Waals surface area contributed by atoms with Crippen LogP contribution in [0.3, 0.4) is 0 Å². The van der Waals surface area contributed by atoms with Crippen LogP contribution in [0.2, 0.25) is 0 Å². The molecule has 0 spiro atoms. The fourth-order valence-electron chi connectivity index (χ4n) is 3.85. The number of fused-ring (bicyclic) bond motifs is 1. The minimum atomic E-state index is -5.08. The third-order valence-corrected chi connectivity index (χ3v) is 5.54. The molecule has 1 aliphatic heterocycles. The highest BCUT2D eigenvalue weighted by Crippen LogP contribution is 2.34. The summed E-state index contributed by atoms with van der Waals surface area (Å²) in [6, 6.07) is 11.6. The van der Waals surface area contributed by atoms with Gasteiger partial charge in [-0.1, -0.05) is 29.8 Å². The Labute approximate surface area is 214 Å². The number of hydrogen-bond donors (Lipinski definition) is 2. The van der Waals surface area contributed by atoms with Crippen LogP contribution in [0, 0.1) is 6.92 Å². The predicted molar refractivity (Wildman–Crippen MR) is 129 cm³/mol. The Balaban J connectivity index is 0.000000505. The highest BCUT2D eigenvalue weighted by atomic mass is 19.4. The van der Waals surface area contributed by atoms with Gasteiger partial charge in [-0.25, -0.2) is 9.78 Å². The minimum Gasteiger partial charge on any atom is -0.475 e. The number of halogens is 6. The number of nitrogens with one attached hydrogen (secondary N) is 1. The Bertz CT molecular complexity index is 1250. The van der Waals surface area contributed by atoms with Crippen molar-refractivity contribution in [3.8, 4) is 0 Å². The molecule has 7 nitrogen and oxygen atoms in total. The van der Waals surface area contributed by atoms with Crippen molar-refractivity contribution in [2.75, 3.05) is 23.3 Å². The van der Waals surface area contributed by atoms with Gasteiger partial charge in [-0.3, -0.25) is 0 Å². The number of ether oxygens (including phenoxy) is 1. The molecule has 2 N–H and O–H groups in total. The monoisotopic (exact) mass is 544 g/mol. The minimum absolute atomic E-state index is 0.00724. The van der Waals surface area contributed by atoms with Crippen molar-refractivity contribution >= 4 is 28.6 Å². The molecule has 4 rings (SSSR count). The fraction of sp³-hybridized carbons (Fsp3) is 0.400. The first-order chi connectivity index (χ1) is 17.6. The summed E-state index contributed by atoms with van der Waals surface area (Å²) in [7, 11) is 0. The molecule has 1 aromatic heterocycles. The summed E-state index contributed by atoms with van der Waals surface area (Å²) in [5.41, 5.74) is 1.73. The number of carbonyl (C=O) groups is 1. The van der Waals surface area contributed by atoms with Crippen molar-refractivity contribution < 1.29 is 41.0 Å². The third kappa shape index (κ3) is 7.70. The average Bonchev–Trinajstić information content (AvgIpc) is 2.81. The molecule has 2 heterocycles. The second kappa shape index (κ2) is 11.4. The zero-order chi connectivity index (χ0) is 28.3. The van der Waals surface area contributed by atoms with E-state index in [0.717, 1.165) is 23.3 Å². The van der Waals surface area contributed by atoms with E-state index in [1.54, 1.807) is 0 Å². The second-order valence-electron chi connectivity index (χ2n) is 8.90. The molecule has 13 heteroatoms. The van der Waals surface area contributed by atoms with Crippen molar-refractivity contribution in [2.45, 2.75) is 51.9 Å². The van der Waals surface area contributed by atoms with Crippen LogP contribution in [-0.4, -0.2) is 52.5 Å². The van der Waals surface area contributed by atoms with Crippen LogP contribution in [0.1, 0.15) is 30.5 Å². The highest BCUT2D eigenvalue weighted by molar-refractivity contribution is 5.91. The van der Waals surface area contributed by atoms with E-state index in [-0.39, 0.29) is 17.7 Å². The molecule has 1 aliphatic rings. The van der Waals surface area contributed by atoms with E-state index in [2.05, 4.69) is 20.2 Å². The molecule has 0 saturated carbocycles. The Morgan fingerprint density at radius 1 is 1.03 bits per heavy atom. The molecule has 0 bridgehead atoms. The molecule has 1 fully saturated rings. The molecule has 0 unspecified atom stereocenters. The van der Waals surface area contributed by atoms with Crippen LogP contribution < -0.4 is 10.2 Å². The maximum atomic E-state index is 13.3. The van der Waals surface area contributed by atoms with Gasteiger partial charge in [-0.05, 0) is 44.5 Å². The quantitative estimate of drug-likeness (QED) is 0.401. The first kappa shape index (κ1) is 29.0. The Morgan fingerprint density at radius 2 is 1.61 bits per heavy atom. The maximum Gasteiger partial charge on any atom is 0.490 e. The highest BCUT2D eigenvalue weighted by Gasteiger charge is 2.38. The summed E-state index contributed by atoms with van der Waals surface area (Å²) in [4.78, 5) is 20.0. The van der Waals surface area contributed by atoms with Gasteiger partial charge in [0.05, 0.1) is 23.3 Å². The van der Waals surface area contributed by atoms with Gasteiger partial charge in [-0.15, -0.1) is 0 Å². The van der Waals surface area contributed by atoms with Gasteiger partial charge in [0.25, 0.3) is 0 Å². The number of carboxylic acid groups (broad SMARTS) is 1. The van der Waals surface area contributed by atoms with Crippen LogP contribution in [0.15, 0.2) is 42.5 Å². The maximum absolute atomic E-state index is 13.3. The third-order valence-electron chi connectivity index (χ3n) is 5.54. The topological polar surface area (TPSA) is 87.6 Å². The largest absolute Gasteiger partial charge is 0.490 e. The number of hydrogen-bond acceptors (Lipinski definition) is 6. The van der Waals surface area contributed by atoms with Gasteiger partial charge in [0.1, 0.15) is 5.82 Å². The van der Waals surface area contributed by atoms with E-state index < -0.39 is 23.9 Å². The lowest BCUT2D eigenvalue weighted by Crippen LogP contribution is -2.46. The number of benzene rings is 2. The number of aliphatic carboxylic acids is 1. The first-order valence-electron chi connectivity index (χ1n) is 11.5. The standard InChI is InChI=1S/C23H25F3N4O.C2HF3O2/c1-14-4-6-17(7-5-14)11-27-22-28-20-10-18(23(24,25)26)8-9-19(20)21(29-22)30-12-15(2)31-16(3)13-30;3-2(4,5)1(6)7/h4-10,15-16H,11-13H2,1-3H3,(H,27,28,29);(H,6,7)/t15-,16+;. The molecule has 0 aliphatic carbocycles. The number of aromatic nitrogens is 2. The lowest BCUT2D eigenvalue weighted by Gasteiger charge is -2.36. The number of nitrogens with zero attached hydrogens (tertiary/aromatic N) is 3. The Hall–Kier alpha value is -3.61. The number of morpholine rings is 1. The van der Waals surface area contributed by atoms with Crippen molar-refractivity contribution in [2.24, 2.45) is 0 Å². The summed E-state index contributed by atoms with van der Waals surface area (Å²) in [5.74, 6) is -1.84. The van der Waals surface area contributed by atoms with Crippen LogP contribution in [0.25, 0.3) is 10.9 Å². The van der Waals surface area contributed by atoms with Crippen molar-refractivity contribution in [3.63, 3.8) is 0 Å². The molecular formula is C25H26F6N4O3. The SMILES string of the molecule is Cc1ccc(CNc2nc(N3C[C@@H](C)O[C@@H](C)C3)c3ccc(C(F)(F)F)cc3n2)cc1.O=C(O)C(F)(F)F. The van der Waals surface area contributed by atoms with Gasteiger partial charge >= 0.3 is 18.3 Å². The lowest BCUT2D eigenvalue weighted by atomic mass is 10.1. The normalized spacial score (nSPS) is 18.1. The molecule has 38 heavy (non-hydrogen) atoms. The number of anilines is 2. The van der Waals surface area contributed by atoms with Gasteiger partial charge in [-0.2, -0.15) is 31.3 Å². The summed E-state index contributed by atoms with van der Waals surface area (Å²) >= 11 is 0. The summed E-state index contributed by atoms with van der Waals surface area (Å²) in [5, 5.41) is 10.9. The van der Waals surface area contributed by atoms with Crippen molar-refractivity contribution in [1.29, 1.82) is 0 Å². The number of carboxylic acids is 1. The molecule has 2 atom stereocenters. The second-order valence-corrected chi connectivity index (χ2v) is 8.90. The number of rotatable bonds is 4. The van der Waals surface area contributed by atoms with E-state index in [1.165, 1.54) is 6.07 Å². The Morgan fingerprint density at radius 3 is 2.13 bits per heavy atom. The van der Waals surface area contributed by atoms with Gasteiger partial charge in [0.2, 0.25) is 5.95 Å². The first-order valence-corrected chi connectivity index (χ1v) is 11.5. The predicted octanol–water partition coefficient (Wildman–Crippen LogP) is 5.82. The van der Waals surface area contributed by atoms with E-state index >= 15 is 0 Å². The Kier molecular flexibility index (Phi) is 8.70. The van der Waals surface area contributed by atoms with Crippen LogP contribution in [-0.2, 0) is 22.3 Å². The van der Waals surface area contributed by atoms with Gasteiger partial charge < -0.3 is 20.1 Å². The molecule has 2 aromatic carbocycles. The lowest BCUT2D eigenvalue weighted by molar-refractivity contribution is -0.192. The van der Waals surface area contributed by atoms with Crippen LogP contribution >= 0.6 is 0 Å². The van der Waals surface area contributed by atoms with E-state index in [4.69, 9.17) is 14.6 Å². The van der Waals surface area contributed by atoms with Crippen molar-refractivity contribution in [1.82, 2.24) is 9.97 Å². The zero-order valence-electron chi connectivity index (χ0n) is 20.7. The average molecular weight is 544 g/mol. The van der Waals surface area contributed by atoms with Crippen molar-refractivity contribution in [3.05, 3.63) is 59.2 Å². The summed E-state index contributed by atoms with van der Waals surface area (Å²) in [6.45, 7) is 7.65. The molecule has 206 valence electrons. The van der Waals surface area contributed by atoms with Crippen LogP contribution in [0.4, 0.5) is 38.1 Å². The summed E-state index contributed by atoms with van der Waals surface area (Å²) in [6.07, 6.45) is -9.53. The fourth-order valence-corrected chi connectivity index (χ4v) is 3.85. The van der Waals surface area contributed by atoms with Gasteiger partial charge in [0, 0.05) is 25.0 Å². The molecule has 1 saturated heterocycles. The van der Waals surface area contributed by atoms with E-state index in [1.807, 2.05) is 45.0 Å².